The van der Waals surface area contributed by atoms with E-state index in [-0.39, 0.29) is 42.3 Å². The third-order valence-corrected chi connectivity index (χ3v) is 3.41. The summed E-state index contributed by atoms with van der Waals surface area (Å²) in [5.41, 5.74) is -0.0302. The van der Waals surface area contributed by atoms with E-state index in [1.165, 1.54) is 6.07 Å². The van der Waals surface area contributed by atoms with Crippen molar-refractivity contribution in [1.29, 1.82) is 0 Å². The molecule has 132 valence electrons. The van der Waals surface area contributed by atoms with Crippen molar-refractivity contribution in [3.05, 3.63) is 47.4 Å². The second-order valence-corrected chi connectivity index (χ2v) is 5.57. The van der Waals surface area contributed by atoms with Crippen molar-refractivity contribution < 1.29 is 27.6 Å². The summed E-state index contributed by atoms with van der Waals surface area (Å²) < 4.78 is 36.3. The normalized spacial score (nSPS) is 13.4. The molecule has 2 aromatic rings. The molecule has 0 spiro atoms. The minimum atomic E-state index is -0.848. The van der Waals surface area contributed by atoms with Crippen LogP contribution in [0.25, 0.3) is 0 Å². The fraction of sp³-hybridized carbons (Fsp3) is 0.312. The minimum absolute atomic E-state index is 0.0302. The summed E-state index contributed by atoms with van der Waals surface area (Å²) in [5, 5.41) is 8.72. The summed E-state index contributed by atoms with van der Waals surface area (Å²) in [6, 6.07) is 4.43. The largest absolute Gasteiger partial charge is 0.482 e. The van der Waals surface area contributed by atoms with Gasteiger partial charge in [-0.05, 0) is 25.0 Å². The molecular formula is C16H15F2N3O4. The lowest BCUT2D eigenvalue weighted by molar-refractivity contribution is -0.120. The molecule has 2 amide bonds. The lowest BCUT2D eigenvalue weighted by Gasteiger charge is -2.04. The number of amides is 2. The van der Waals surface area contributed by atoms with Crippen molar-refractivity contribution in [1.82, 2.24) is 15.8 Å². The number of nitrogens with one attached hydrogen (secondary N) is 2. The lowest BCUT2D eigenvalue weighted by atomic mass is 10.3. The second kappa shape index (κ2) is 7.29. The molecule has 1 aromatic carbocycles. The van der Waals surface area contributed by atoms with Gasteiger partial charge in [-0.25, -0.2) is 8.78 Å². The molecule has 1 fully saturated rings. The number of halogens is 2. The number of rotatable bonds is 7. The summed E-state index contributed by atoms with van der Waals surface area (Å²) in [5.74, 6) is -2.38. The maximum atomic E-state index is 13.4. The maximum Gasteiger partial charge on any atom is 0.273 e. The highest BCUT2D eigenvalue weighted by Gasteiger charge is 2.23. The number of benzene rings is 1. The fourth-order valence-electron chi connectivity index (χ4n) is 1.99. The summed E-state index contributed by atoms with van der Waals surface area (Å²) in [4.78, 5) is 23.4. The Labute approximate surface area is 141 Å². The van der Waals surface area contributed by atoms with E-state index in [0.717, 1.165) is 25.0 Å². The summed E-state index contributed by atoms with van der Waals surface area (Å²) in [6.07, 6.45) is 1.92. The first-order valence-electron chi connectivity index (χ1n) is 7.62. The standard InChI is InChI=1S/C16H15F2N3O4/c17-9-1-4-14(12(18)5-9)24-8-11-6-13(21-25-11)16(23)19-7-15(22)20-10-2-3-10/h1,4-6,10H,2-3,7-8H2,(H,19,23)(H,20,22). The Kier molecular flexibility index (Phi) is 4.92. The SMILES string of the molecule is O=C(CNC(=O)c1cc(COc2ccc(F)cc2F)on1)NC1CC1. The van der Waals surface area contributed by atoms with Crippen molar-refractivity contribution in [2.24, 2.45) is 0 Å². The van der Waals surface area contributed by atoms with Gasteiger partial charge >= 0.3 is 0 Å². The van der Waals surface area contributed by atoms with Gasteiger partial charge in [0.25, 0.3) is 5.91 Å². The average Bonchev–Trinajstić information content (AvgIpc) is 3.25. The second-order valence-electron chi connectivity index (χ2n) is 5.57. The van der Waals surface area contributed by atoms with Gasteiger partial charge in [0.2, 0.25) is 5.91 Å². The summed E-state index contributed by atoms with van der Waals surface area (Å²) in [7, 11) is 0. The molecule has 0 radical (unpaired) electrons. The maximum absolute atomic E-state index is 13.4. The molecule has 0 unspecified atom stereocenters. The van der Waals surface area contributed by atoms with Crippen molar-refractivity contribution in [2.45, 2.75) is 25.5 Å². The molecule has 1 aliphatic rings. The third-order valence-electron chi connectivity index (χ3n) is 3.41. The molecule has 3 rings (SSSR count). The van der Waals surface area contributed by atoms with Crippen molar-refractivity contribution in [2.75, 3.05) is 6.54 Å². The third kappa shape index (κ3) is 4.75. The van der Waals surface area contributed by atoms with Gasteiger partial charge < -0.3 is 19.9 Å². The number of hydrogen-bond acceptors (Lipinski definition) is 5. The highest BCUT2D eigenvalue weighted by molar-refractivity contribution is 5.94. The molecule has 2 N–H and O–H groups in total. The Morgan fingerprint density at radius 2 is 2.08 bits per heavy atom. The highest BCUT2D eigenvalue weighted by Crippen LogP contribution is 2.19. The molecule has 0 atom stereocenters. The van der Waals surface area contributed by atoms with E-state index in [1.54, 1.807) is 0 Å². The van der Waals surface area contributed by atoms with E-state index in [9.17, 15) is 18.4 Å². The quantitative estimate of drug-likeness (QED) is 0.789. The monoisotopic (exact) mass is 351 g/mol. The summed E-state index contributed by atoms with van der Waals surface area (Å²) >= 11 is 0. The molecule has 0 saturated heterocycles. The van der Waals surface area contributed by atoms with Gasteiger partial charge in [0.1, 0.15) is 12.4 Å². The first-order valence-corrected chi connectivity index (χ1v) is 7.62. The zero-order valence-electron chi connectivity index (χ0n) is 13.1. The molecule has 1 saturated carbocycles. The van der Waals surface area contributed by atoms with Gasteiger partial charge in [0.05, 0.1) is 6.54 Å². The number of nitrogens with zero attached hydrogens (tertiary/aromatic N) is 1. The van der Waals surface area contributed by atoms with Crippen LogP contribution in [0.3, 0.4) is 0 Å². The van der Waals surface area contributed by atoms with E-state index in [2.05, 4.69) is 15.8 Å². The molecule has 1 aliphatic carbocycles. The van der Waals surface area contributed by atoms with E-state index in [0.29, 0.717) is 6.07 Å². The Morgan fingerprint density at radius 3 is 2.80 bits per heavy atom. The molecule has 9 heteroatoms. The molecule has 0 bridgehead atoms. The van der Waals surface area contributed by atoms with Crippen LogP contribution in [0.15, 0.2) is 28.8 Å². The van der Waals surface area contributed by atoms with Gasteiger partial charge in [0.15, 0.2) is 23.0 Å². The Hall–Kier alpha value is -2.97. The molecule has 1 heterocycles. The number of ether oxygens (including phenoxy) is 1. The van der Waals surface area contributed by atoms with Gasteiger partial charge in [0, 0.05) is 18.2 Å². The van der Waals surface area contributed by atoms with E-state index < -0.39 is 17.5 Å². The van der Waals surface area contributed by atoms with Gasteiger partial charge in [-0.2, -0.15) is 0 Å². The first kappa shape index (κ1) is 16.9. The van der Waals surface area contributed by atoms with Gasteiger partial charge in [-0.15, -0.1) is 0 Å². The average molecular weight is 351 g/mol. The highest BCUT2D eigenvalue weighted by atomic mass is 19.1. The Bertz CT molecular complexity index is 789. The summed E-state index contributed by atoms with van der Waals surface area (Å²) in [6.45, 7) is -0.347. The van der Waals surface area contributed by atoms with E-state index >= 15 is 0 Å². The van der Waals surface area contributed by atoms with E-state index in [1.807, 2.05) is 0 Å². The van der Waals surface area contributed by atoms with Crippen molar-refractivity contribution in [3.63, 3.8) is 0 Å². The van der Waals surface area contributed by atoms with Crippen molar-refractivity contribution in [3.8, 4) is 5.75 Å². The van der Waals surface area contributed by atoms with Crippen LogP contribution in [-0.2, 0) is 11.4 Å². The first-order chi connectivity index (χ1) is 12.0. The van der Waals surface area contributed by atoms with Crippen LogP contribution in [0.4, 0.5) is 8.78 Å². The zero-order valence-corrected chi connectivity index (χ0v) is 13.1. The molecule has 1 aromatic heterocycles. The smallest absolute Gasteiger partial charge is 0.273 e. The molecule has 0 aliphatic heterocycles. The van der Waals surface area contributed by atoms with Gasteiger partial charge in [-0.3, -0.25) is 9.59 Å². The van der Waals surface area contributed by atoms with Crippen LogP contribution in [0.1, 0.15) is 29.1 Å². The Balaban J connectivity index is 1.49. The number of carbonyl (C=O) groups excluding carboxylic acids is 2. The Morgan fingerprint density at radius 1 is 1.28 bits per heavy atom. The topological polar surface area (TPSA) is 93.5 Å². The predicted molar refractivity (Wildman–Crippen MR) is 80.7 cm³/mol. The van der Waals surface area contributed by atoms with Crippen LogP contribution >= 0.6 is 0 Å². The fourth-order valence-corrected chi connectivity index (χ4v) is 1.99. The van der Waals surface area contributed by atoms with Crippen LogP contribution < -0.4 is 15.4 Å². The van der Waals surface area contributed by atoms with Gasteiger partial charge in [-0.1, -0.05) is 5.16 Å². The number of carbonyl (C=O) groups is 2. The minimum Gasteiger partial charge on any atom is -0.482 e. The van der Waals surface area contributed by atoms with Crippen molar-refractivity contribution >= 4 is 11.8 Å². The van der Waals surface area contributed by atoms with E-state index in [4.69, 9.17) is 9.26 Å². The van der Waals surface area contributed by atoms with Crippen LogP contribution in [0, 0.1) is 11.6 Å². The molecule has 7 nitrogen and oxygen atoms in total. The predicted octanol–water partition coefficient (Wildman–Crippen LogP) is 1.54. The van der Waals surface area contributed by atoms with Crippen LogP contribution in [-0.4, -0.2) is 29.6 Å². The van der Waals surface area contributed by atoms with Crippen LogP contribution in [0.5, 0.6) is 5.75 Å². The molecular weight excluding hydrogens is 336 g/mol. The van der Waals surface area contributed by atoms with Crippen LogP contribution in [0.2, 0.25) is 0 Å². The zero-order chi connectivity index (χ0) is 17.8. The molecule has 25 heavy (non-hydrogen) atoms. The number of aromatic nitrogens is 1. The number of hydrogen-bond donors (Lipinski definition) is 2. The lowest BCUT2D eigenvalue weighted by Crippen LogP contribution is -2.37.